The van der Waals surface area contributed by atoms with Gasteiger partial charge in [-0.25, -0.2) is 0 Å². The minimum absolute atomic E-state index is 0.0133. The van der Waals surface area contributed by atoms with Crippen LogP contribution in [0.1, 0.15) is 44.2 Å². The second-order valence-electron chi connectivity index (χ2n) is 7.36. The van der Waals surface area contributed by atoms with Crippen LogP contribution in [0.3, 0.4) is 0 Å². The molecule has 1 atom stereocenters. The summed E-state index contributed by atoms with van der Waals surface area (Å²) in [5.41, 5.74) is 0.713. The third kappa shape index (κ3) is 4.32. The summed E-state index contributed by atoms with van der Waals surface area (Å²) in [5.74, 6) is 2.62. The van der Waals surface area contributed by atoms with Crippen molar-refractivity contribution < 1.29 is 9.21 Å². The number of nitrogens with one attached hydrogen (secondary N) is 1. The van der Waals surface area contributed by atoms with Crippen LogP contribution in [0.25, 0.3) is 5.65 Å². The van der Waals surface area contributed by atoms with Gasteiger partial charge in [-0.1, -0.05) is 0 Å². The van der Waals surface area contributed by atoms with Gasteiger partial charge in [0.15, 0.2) is 11.5 Å². The van der Waals surface area contributed by atoms with Gasteiger partial charge >= 0.3 is 0 Å². The lowest BCUT2D eigenvalue weighted by Crippen LogP contribution is -2.33. The molecule has 1 unspecified atom stereocenters. The van der Waals surface area contributed by atoms with Crippen molar-refractivity contribution in [3.05, 3.63) is 42.1 Å². The molecule has 8 nitrogen and oxygen atoms in total. The molecule has 28 heavy (non-hydrogen) atoms. The van der Waals surface area contributed by atoms with E-state index in [1.54, 1.807) is 10.8 Å². The zero-order chi connectivity index (χ0) is 19.3. The van der Waals surface area contributed by atoms with E-state index in [9.17, 15) is 4.79 Å². The molecule has 4 rings (SSSR count). The van der Waals surface area contributed by atoms with Crippen molar-refractivity contribution >= 4 is 17.4 Å². The van der Waals surface area contributed by atoms with Gasteiger partial charge in [-0.05, 0) is 50.5 Å². The van der Waals surface area contributed by atoms with Gasteiger partial charge in [0.2, 0.25) is 5.91 Å². The lowest BCUT2D eigenvalue weighted by molar-refractivity contribution is -0.121. The van der Waals surface area contributed by atoms with Crippen molar-refractivity contribution in [2.24, 2.45) is 0 Å². The summed E-state index contributed by atoms with van der Waals surface area (Å²) < 4.78 is 7.10. The minimum Gasteiger partial charge on any atom is -0.469 e. The zero-order valence-corrected chi connectivity index (χ0v) is 16.2. The van der Waals surface area contributed by atoms with Gasteiger partial charge in [0, 0.05) is 38.4 Å². The van der Waals surface area contributed by atoms with Gasteiger partial charge in [0.05, 0.1) is 6.26 Å². The monoisotopic (exact) mass is 382 g/mol. The molecule has 0 saturated carbocycles. The summed E-state index contributed by atoms with van der Waals surface area (Å²) in [6.45, 7) is 4.08. The number of fused-ring (bicyclic) bond motifs is 1. The predicted octanol–water partition coefficient (Wildman–Crippen LogP) is 2.39. The number of amides is 1. The van der Waals surface area contributed by atoms with Crippen LogP contribution in [0.4, 0.5) is 5.82 Å². The van der Waals surface area contributed by atoms with E-state index in [1.807, 2.05) is 31.2 Å². The van der Waals surface area contributed by atoms with Crippen LogP contribution in [0.2, 0.25) is 0 Å². The molecule has 0 aromatic carbocycles. The summed E-state index contributed by atoms with van der Waals surface area (Å²) in [6, 6.07) is 7.85. The van der Waals surface area contributed by atoms with Gasteiger partial charge in [0.1, 0.15) is 11.6 Å². The molecular weight excluding hydrogens is 356 g/mol. The molecule has 3 aromatic rings. The average molecular weight is 382 g/mol. The van der Waals surface area contributed by atoms with Crippen LogP contribution in [0.5, 0.6) is 0 Å². The lowest BCUT2D eigenvalue weighted by Gasteiger charge is -2.16. The molecule has 1 aliphatic heterocycles. The largest absolute Gasteiger partial charge is 0.469 e. The highest BCUT2D eigenvalue weighted by Crippen LogP contribution is 2.18. The molecule has 1 amide bonds. The Morgan fingerprint density at radius 3 is 2.86 bits per heavy atom. The first-order chi connectivity index (χ1) is 13.7. The van der Waals surface area contributed by atoms with Crippen molar-refractivity contribution in [1.82, 2.24) is 25.1 Å². The van der Waals surface area contributed by atoms with Crippen molar-refractivity contribution in [1.29, 1.82) is 0 Å². The summed E-state index contributed by atoms with van der Waals surface area (Å²) in [4.78, 5) is 14.6. The highest BCUT2D eigenvalue weighted by atomic mass is 16.3. The molecule has 4 heterocycles. The normalized spacial score (nSPS) is 15.2. The summed E-state index contributed by atoms with van der Waals surface area (Å²) in [7, 11) is 0. The quantitative estimate of drug-likeness (QED) is 0.643. The molecule has 0 bridgehead atoms. The number of aromatic nitrogens is 4. The maximum absolute atomic E-state index is 12.3. The van der Waals surface area contributed by atoms with Gasteiger partial charge in [-0.15, -0.1) is 15.3 Å². The van der Waals surface area contributed by atoms with E-state index in [0.29, 0.717) is 18.5 Å². The first kappa shape index (κ1) is 18.5. The molecule has 3 aromatic heterocycles. The van der Waals surface area contributed by atoms with Crippen LogP contribution in [0, 0.1) is 0 Å². The molecule has 148 valence electrons. The topological polar surface area (TPSA) is 88.6 Å². The number of aryl methyl sites for hydroxylation is 2. The Balaban J connectivity index is 1.31. The number of hydrogen-bond donors (Lipinski definition) is 1. The van der Waals surface area contributed by atoms with Gasteiger partial charge in [0.25, 0.3) is 0 Å². The lowest BCUT2D eigenvalue weighted by atomic mass is 10.1. The molecule has 0 spiro atoms. The first-order valence-corrected chi connectivity index (χ1v) is 9.97. The zero-order valence-electron chi connectivity index (χ0n) is 16.2. The molecule has 0 aliphatic carbocycles. The number of carbonyl (C=O) groups excluding carboxylic acids is 1. The van der Waals surface area contributed by atoms with E-state index < -0.39 is 0 Å². The fourth-order valence-electron chi connectivity index (χ4n) is 3.55. The number of anilines is 1. The Hall–Kier alpha value is -2.90. The maximum Gasteiger partial charge on any atom is 0.220 e. The number of carbonyl (C=O) groups is 1. The Morgan fingerprint density at radius 1 is 1.21 bits per heavy atom. The van der Waals surface area contributed by atoms with Crippen molar-refractivity contribution in [2.45, 2.75) is 51.5 Å². The van der Waals surface area contributed by atoms with Crippen molar-refractivity contribution in [3.63, 3.8) is 0 Å². The summed E-state index contributed by atoms with van der Waals surface area (Å²) in [5, 5.41) is 16.1. The van der Waals surface area contributed by atoms with E-state index in [4.69, 9.17) is 4.42 Å². The van der Waals surface area contributed by atoms with E-state index in [0.717, 1.165) is 43.3 Å². The average Bonchev–Trinajstić information content (AvgIpc) is 3.46. The minimum atomic E-state index is 0.0133. The van der Waals surface area contributed by atoms with Crippen molar-refractivity contribution in [3.8, 4) is 0 Å². The molecule has 1 N–H and O–H groups in total. The Kier molecular flexibility index (Phi) is 5.55. The van der Waals surface area contributed by atoms with Crippen LogP contribution < -0.4 is 10.2 Å². The molecule has 1 saturated heterocycles. The second kappa shape index (κ2) is 8.41. The first-order valence-electron chi connectivity index (χ1n) is 9.97. The predicted molar refractivity (Wildman–Crippen MR) is 105 cm³/mol. The standard InChI is InChI=1S/C20H26N6O2/c1-15(6-7-16-5-4-14-28-16)21-20(27)11-10-18-23-22-17-8-9-19(24-26(17)18)25-12-2-3-13-25/h4-5,8-9,14-15H,2-3,6-7,10-13H2,1H3,(H,21,27). The highest BCUT2D eigenvalue weighted by molar-refractivity contribution is 5.76. The Morgan fingerprint density at radius 2 is 2.07 bits per heavy atom. The fourth-order valence-corrected chi connectivity index (χ4v) is 3.55. The van der Waals surface area contributed by atoms with Crippen LogP contribution in [-0.2, 0) is 17.6 Å². The Bertz CT molecular complexity index is 914. The van der Waals surface area contributed by atoms with E-state index >= 15 is 0 Å². The summed E-state index contributed by atoms with van der Waals surface area (Å²) in [6.07, 6.45) is 6.60. The van der Waals surface area contributed by atoms with Crippen LogP contribution in [0.15, 0.2) is 34.9 Å². The van der Waals surface area contributed by atoms with E-state index in [-0.39, 0.29) is 11.9 Å². The number of rotatable bonds is 8. The summed E-state index contributed by atoms with van der Waals surface area (Å²) >= 11 is 0. The third-order valence-corrected chi connectivity index (χ3v) is 5.13. The smallest absolute Gasteiger partial charge is 0.220 e. The number of nitrogens with zero attached hydrogens (tertiary/aromatic N) is 5. The van der Waals surface area contributed by atoms with Crippen LogP contribution >= 0.6 is 0 Å². The van der Waals surface area contributed by atoms with E-state index in [1.165, 1.54) is 12.8 Å². The van der Waals surface area contributed by atoms with E-state index in [2.05, 4.69) is 25.5 Å². The van der Waals surface area contributed by atoms with Gasteiger partial charge in [-0.2, -0.15) is 4.52 Å². The highest BCUT2D eigenvalue weighted by Gasteiger charge is 2.16. The molecular formula is C20H26N6O2. The number of hydrogen-bond acceptors (Lipinski definition) is 6. The fraction of sp³-hybridized carbons (Fsp3) is 0.500. The van der Waals surface area contributed by atoms with Gasteiger partial charge in [-0.3, -0.25) is 4.79 Å². The van der Waals surface area contributed by atoms with Gasteiger partial charge < -0.3 is 14.6 Å². The molecule has 0 radical (unpaired) electrons. The molecule has 1 aliphatic rings. The number of furan rings is 1. The molecule has 8 heteroatoms. The van der Waals surface area contributed by atoms with Crippen LogP contribution in [-0.4, -0.2) is 44.8 Å². The maximum atomic E-state index is 12.3. The SMILES string of the molecule is CC(CCc1ccco1)NC(=O)CCc1nnc2ccc(N3CCCC3)nn12. The third-order valence-electron chi connectivity index (χ3n) is 5.13. The molecule has 1 fully saturated rings. The second-order valence-corrected chi connectivity index (χ2v) is 7.36. The Labute approximate surface area is 163 Å². The van der Waals surface area contributed by atoms with Crippen molar-refractivity contribution in [2.75, 3.05) is 18.0 Å².